The van der Waals surface area contributed by atoms with Gasteiger partial charge < -0.3 is 10.4 Å². The van der Waals surface area contributed by atoms with E-state index in [0.29, 0.717) is 25.1 Å². The molecule has 0 rings (SSSR count). The molecule has 0 heterocycles. The molecule has 0 fully saturated rings. The van der Waals surface area contributed by atoms with Gasteiger partial charge in [-0.3, -0.25) is 9.00 Å². The first-order valence-corrected chi connectivity index (χ1v) is 5.57. The topological polar surface area (TPSA) is 66.4 Å². The van der Waals surface area contributed by atoms with Crippen molar-refractivity contribution in [2.45, 2.75) is 12.8 Å². The van der Waals surface area contributed by atoms with E-state index in [2.05, 4.69) is 5.32 Å². The lowest BCUT2D eigenvalue weighted by molar-refractivity contribution is -0.121. The van der Waals surface area contributed by atoms with Gasteiger partial charge in [-0.1, -0.05) is 0 Å². The van der Waals surface area contributed by atoms with Crippen LogP contribution in [0.2, 0.25) is 0 Å². The van der Waals surface area contributed by atoms with Gasteiger partial charge in [0.2, 0.25) is 5.91 Å². The minimum Gasteiger partial charge on any atom is -0.396 e. The highest BCUT2D eigenvalue weighted by Crippen LogP contribution is 1.85. The predicted octanol–water partition coefficient (Wildman–Crippen LogP) is -0.746. The average molecular weight is 193 g/mol. The maximum atomic E-state index is 10.9. The molecule has 72 valence electrons. The van der Waals surface area contributed by atoms with Crippen molar-refractivity contribution in [1.29, 1.82) is 0 Å². The van der Waals surface area contributed by atoms with E-state index >= 15 is 0 Å². The molecule has 0 saturated heterocycles. The summed E-state index contributed by atoms with van der Waals surface area (Å²) in [6, 6.07) is 0. The molecule has 0 saturated carbocycles. The lowest BCUT2D eigenvalue weighted by Crippen LogP contribution is -2.27. The number of aliphatic hydroxyl groups excluding tert-OH is 1. The van der Waals surface area contributed by atoms with E-state index in [1.54, 1.807) is 6.26 Å². The maximum absolute atomic E-state index is 10.9. The lowest BCUT2D eigenvalue weighted by Gasteiger charge is -2.01. The lowest BCUT2D eigenvalue weighted by atomic mass is 10.3. The second-order valence-electron chi connectivity index (χ2n) is 2.45. The van der Waals surface area contributed by atoms with E-state index < -0.39 is 10.8 Å². The number of carbonyl (C=O) groups excluding carboxylic acids is 1. The number of rotatable bonds is 6. The summed E-state index contributed by atoms with van der Waals surface area (Å²) < 4.78 is 10.6. The Kier molecular flexibility index (Phi) is 6.99. The van der Waals surface area contributed by atoms with Crippen LogP contribution < -0.4 is 5.32 Å². The molecule has 2 N–H and O–H groups in total. The second kappa shape index (κ2) is 7.24. The Balaban J connectivity index is 3.25. The number of nitrogens with one attached hydrogen (secondary N) is 1. The minimum atomic E-state index is -0.852. The van der Waals surface area contributed by atoms with Gasteiger partial charge in [-0.05, 0) is 6.42 Å². The molecule has 0 aromatic heterocycles. The van der Waals surface area contributed by atoms with Crippen LogP contribution in [0.4, 0.5) is 0 Å². The Morgan fingerprint density at radius 2 is 2.25 bits per heavy atom. The first-order valence-electron chi connectivity index (χ1n) is 3.84. The third-order valence-corrected chi connectivity index (χ3v) is 2.05. The van der Waals surface area contributed by atoms with E-state index in [4.69, 9.17) is 5.11 Å². The van der Waals surface area contributed by atoms with Gasteiger partial charge in [0.15, 0.2) is 0 Å². The number of carbonyl (C=O) groups is 1. The molecular formula is C7H15NO3S. The summed E-state index contributed by atoms with van der Waals surface area (Å²) in [4.78, 5) is 10.9. The van der Waals surface area contributed by atoms with Crippen molar-refractivity contribution in [1.82, 2.24) is 5.32 Å². The Morgan fingerprint density at radius 3 is 2.75 bits per heavy atom. The zero-order valence-corrected chi connectivity index (χ0v) is 8.02. The Hall–Kier alpha value is -0.420. The average Bonchev–Trinajstić information content (AvgIpc) is 2.00. The van der Waals surface area contributed by atoms with Gasteiger partial charge in [-0.25, -0.2) is 0 Å². The summed E-state index contributed by atoms with van der Waals surface area (Å²) >= 11 is 0. The molecule has 0 aliphatic heterocycles. The molecule has 0 aliphatic carbocycles. The Morgan fingerprint density at radius 1 is 1.58 bits per heavy atom. The van der Waals surface area contributed by atoms with Crippen molar-refractivity contribution in [2.24, 2.45) is 0 Å². The fourth-order valence-corrected chi connectivity index (χ4v) is 1.05. The van der Waals surface area contributed by atoms with Crippen molar-refractivity contribution in [3.63, 3.8) is 0 Å². The zero-order chi connectivity index (χ0) is 9.40. The number of aliphatic hydroxyl groups is 1. The Bertz CT molecular complexity index is 161. The van der Waals surface area contributed by atoms with Crippen LogP contribution in [-0.4, -0.2) is 40.4 Å². The highest BCUT2D eigenvalue weighted by atomic mass is 32.2. The van der Waals surface area contributed by atoms with Gasteiger partial charge in [0.25, 0.3) is 0 Å². The van der Waals surface area contributed by atoms with Crippen LogP contribution in [0.3, 0.4) is 0 Å². The van der Waals surface area contributed by atoms with Crippen LogP contribution in [0.25, 0.3) is 0 Å². The molecule has 0 bridgehead atoms. The van der Waals surface area contributed by atoms with Gasteiger partial charge in [0, 0.05) is 42.4 Å². The summed E-state index contributed by atoms with van der Waals surface area (Å²) in [5.41, 5.74) is 0. The third kappa shape index (κ3) is 7.68. The molecule has 4 nitrogen and oxygen atoms in total. The highest BCUT2D eigenvalue weighted by Gasteiger charge is 1.99. The number of hydrogen-bond donors (Lipinski definition) is 2. The molecule has 0 aromatic carbocycles. The Labute approximate surface area is 74.8 Å². The molecule has 0 aliphatic rings. The molecule has 1 atom stereocenters. The number of amides is 1. The van der Waals surface area contributed by atoms with E-state index in [-0.39, 0.29) is 12.5 Å². The van der Waals surface area contributed by atoms with E-state index in [1.807, 2.05) is 0 Å². The summed E-state index contributed by atoms with van der Waals surface area (Å²) in [6.07, 6.45) is 2.42. The van der Waals surface area contributed by atoms with E-state index in [9.17, 15) is 9.00 Å². The normalized spacial score (nSPS) is 12.5. The standard InChI is InChI=1S/C7H15NO3S/c1-12(11)6-4-8-7(10)3-2-5-9/h9H,2-6H2,1H3,(H,8,10). The van der Waals surface area contributed by atoms with E-state index in [0.717, 1.165) is 0 Å². The van der Waals surface area contributed by atoms with Crippen LogP contribution in [0.15, 0.2) is 0 Å². The minimum absolute atomic E-state index is 0.0348. The van der Waals surface area contributed by atoms with Crippen LogP contribution in [-0.2, 0) is 15.6 Å². The van der Waals surface area contributed by atoms with Crippen LogP contribution in [0, 0.1) is 0 Å². The van der Waals surface area contributed by atoms with Crippen molar-refractivity contribution in [3.05, 3.63) is 0 Å². The largest absolute Gasteiger partial charge is 0.396 e. The quantitative estimate of drug-likeness (QED) is 0.583. The molecule has 1 unspecified atom stereocenters. The van der Waals surface area contributed by atoms with Gasteiger partial charge >= 0.3 is 0 Å². The smallest absolute Gasteiger partial charge is 0.220 e. The zero-order valence-electron chi connectivity index (χ0n) is 7.21. The SMILES string of the molecule is CS(=O)CCNC(=O)CCCO. The maximum Gasteiger partial charge on any atom is 0.220 e. The van der Waals surface area contributed by atoms with Crippen molar-refractivity contribution < 1.29 is 14.1 Å². The third-order valence-electron chi connectivity index (χ3n) is 1.27. The highest BCUT2D eigenvalue weighted by molar-refractivity contribution is 7.84. The molecule has 0 aromatic rings. The van der Waals surface area contributed by atoms with Crippen molar-refractivity contribution >= 4 is 16.7 Å². The molecule has 1 amide bonds. The van der Waals surface area contributed by atoms with Crippen molar-refractivity contribution in [2.75, 3.05) is 25.2 Å². The van der Waals surface area contributed by atoms with Crippen LogP contribution >= 0.6 is 0 Å². The molecular weight excluding hydrogens is 178 g/mol. The fourth-order valence-electron chi connectivity index (χ4n) is 0.662. The molecule has 0 radical (unpaired) electrons. The van der Waals surface area contributed by atoms with Crippen LogP contribution in [0.5, 0.6) is 0 Å². The van der Waals surface area contributed by atoms with Gasteiger partial charge in [-0.2, -0.15) is 0 Å². The van der Waals surface area contributed by atoms with Gasteiger partial charge in [0.05, 0.1) is 0 Å². The number of hydrogen-bond acceptors (Lipinski definition) is 3. The molecule has 12 heavy (non-hydrogen) atoms. The van der Waals surface area contributed by atoms with Gasteiger partial charge in [0.1, 0.15) is 0 Å². The first kappa shape index (κ1) is 11.6. The monoisotopic (exact) mass is 193 g/mol. The van der Waals surface area contributed by atoms with Crippen molar-refractivity contribution in [3.8, 4) is 0 Å². The summed E-state index contributed by atoms with van der Waals surface area (Å²) in [7, 11) is -0.852. The molecule has 5 heteroatoms. The fraction of sp³-hybridized carbons (Fsp3) is 0.857. The predicted molar refractivity (Wildman–Crippen MR) is 48.3 cm³/mol. The second-order valence-corrected chi connectivity index (χ2v) is 4.01. The summed E-state index contributed by atoms with van der Waals surface area (Å²) in [5, 5.41) is 11.0. The summed E-state index contributed by atoms with van der Waals surface area (Å²) in [6.45, 7) is 0.487. The van der Waals surface area contributed by atoms with E-state index in [1.165, 1.54) is 0 Å². The molecule has 0 spiro atoms. The van der Waals surface area contributed by atoms with Gasteiger partial charge in [-0.15, -0.1) is 0 Å². The first-order chi connectivity index (χ1) is 5.66. The van der Waals surface area contributed by atoms with Crippen LogP contribution in [0.1, 0.15) is 12.8 Å². The summed E-state index contributed by atoms with van der Waals surface area (Å²) in [5.74, 6) is 0.403.